The summed E-state index contributed by atoms with van der Waals surface area (Å²) >= 11 is 2.16. The summed E-state index contributed by atoms with van der Waals surface area (Å²) in [6, 6.07) is 25.7. The van der Waals surface area contributed by atoms with Crippen LogP contribution in [0, 0.1) is 3.57 Å². The monoisotopic (exact) mass is 485 g/mol. The maximum absolute atomic E-state index is 12.1. The predicted molar refractivity (Wildman–Crippen MR) is 120 cm³/mol. The van der Waals surface area contributed by atoms with Gasteiger partial charge in [0, 0.05) is 18.2 Å². The number of benzene rings is 3. The van der Waals surface area contributed by atoms with E-state index in [4.69, 9.17) is 0 Å². The van der Waals surface area contributed by atoms with Gasteiger partial charge in [0.15, 0.2) is 0 Å². The van der Waals surface area contributed by atoms with Crippen molar-refractivity contribution in [1.29, 1.82) is 0 Å². The van der Waals surface area contributed by atoms with Crippen LogP contribution in [0.25, 0.3) is 0 Å². The van der Waals surface area contributed by atoms with Crippen LogP contribution < -0.4 is 0 Å². The fraction of sp³-hybridized carbons (Fsp3) is 0.250. The molecule has 0 radical (unpaired) electrons. The Bertz CT molecular complexity index is 890. The molecule has 0 saturated carbocycles. The van der Waals surface area contributed by atoms with Gasteiger partial charge in [-0.3, -0.25) is 4.90 Å². The third-order valence-corrected chi connectivity index (χ3v) is 6.59. The van der Waals surface area contributed by atoms with E-state index in [1.54, 1.807) is 0 Å². The first-order valence-electron chi connectivity index (χ1n) is 9.64. The largest absolute Gasteiger partial charge is 0.507 e. The molecule has 3 nitrogen and oxygen atoms in total. The molecule has 1 aliphatic rings. The van der Waals surface area contributed by atoms with Crippen LogP contribution in [0.2, 0.25) is 0 Å². The number of hydrogen-bond donors (Lipinski definition) is 2. The molecule has 1 saturated heterocycles. The SMILES string of the molecule is Oc1c(I)cccc1CN1CCC[C@@H]1C(O)(c1ccccc1)c1ccccc1. The zero-order valence-electron chi connectivity index (χ0n) is 15.6. The van der Waals surface area contributed by atoms with Gasteiger partial charge in [-0.2, -0.15) is 0 Å². The number of para-hydroxylation sites is 1. The molecule has 4 rings (SSSR count). The normalized spacial score (nSPS) is 17.7. The molecule has 0 unspecified atom stereocenters. The van der Waals surface area contributed by atoms with Crippen molar-refractivity contribution in [3.63, 3.8) is 0 Å². The Labute approximate surface area is 179 Å². The molecule has 0 aliphatic carbocycles. The number of phenolic OH excluding ortho intramolecular Hbond substituents is 1. The molecule has 0 amide bonds. The minimum absolute atomic E-state index is 0.0606. The Kier molecular flexibility index (Phi) is 5.71. The number of rotatable bonds is 5. The van der Waals surface area contributed by atoms with E-state index in [9.17, 15) is 10.2 Å². The van der Waals surface area contributed by atoms with Gasteiger partial charge in [0.05, 0.1) is 3.57 Å². The average Bonchev–Trinajstić information content (AvgIpc) is 3.21. The summed E-state index contributed by atoms with van der Waals surface area (Å²) in [5.41, 5.74) is 1.62. The van der Waals surface area contributed by atoms with E-state index in [0.29, 0.717) is 12.3 Å². The van der Waals surface area contributed by atoms with Gasteiger partial charge in [0.25, 0.3) is 0 Å². The maximum Gasteiger partial charge on any atom is 0.133 e. The minimum atomic E-state index is -1.10. The number of nitrogens with zero attached hydrogens (tertiary/aromatic N) is 1. The van der Waals surface area contributed by atoms with Crippen molar-refractivity contribution in [3.8, 4) is 5.75 Å². The van der Waals surface area contributed by atoms with Crippen molar-refractivity contribution in [2.24, 2.45) is 0 Å². The van der Waals surface area contributed by atoms with Gasteiger partial charge in [0.1, 0.15) is 11.4 Å². The standard InChI is InChI=1S/C24H24INO2/c25-21-14-7-9-18(23(21)27)17-26-16-8-15-22(26)24(28,19-10-3-1-4-11-19)20-12-5-2-6-13-20/h1-7,9-14,22,27-28H,8,15-17H2/t22-/m1/s1. The molecule has 1 aliphatic heterocycles. The molecule has 3 aromatic rings. The number of phenols is 1. The van der Waals surface area contributed by atoms with E-state index in [-0.39, 0.29) is 6.04 Å². The molecule has 0 aromatic heterocycles. The van der Waals surface area contributed by atoms with Crippen molar-refractivity contribution < 1.29 is 10.2 Å². The summed E-state index contributed by atoms with van der Waals surface area (Å²) in [6.07, 6.45) is 1.93. The maximum atomic E-state index is 12.1. The lowest BCUT2D eigenvalue weighted by atomic mass is 9.79. The molecule has 144 valence electrons. The Morgan fingerprint density at radius 3 is 2.11 bits per heavy atom. The van der Waals surface area contributed by atoms with Gasteiger partial charge in [0.2, 0.25) is 0 Å². The van der Waals surface area contributed by atoms with E-state index in [2.05, 4.69) is 27.5 Å². The first-order chi connectivity index (χ1) is 13.6. The zero-order chi connectivity index (χ0) is 19.6. The van der Waals surface area contributed by atoms with Crippen molar-refractivity contribution in [1.82, 2.24) is 4.90 Å². The average molecular weight is 485 g/mol. The van der Waals surface area contributed by atoms with Crippen LogP contribution in [-0.4, -0.2) is 27.7 Å². The minimum Gasteiger partial charge on any atom is -0.507 e. The summed E-state index contributed by atoms with van der Waals surface area (Å²) in [6.45, 7) is 1.52. The van der Waals surface area contributed by atoms with Gasteiger partial charge in [-0.25, -0.2) is 0 Å². The fourth-order valence-corrected chi connectivity index (χ4v) is 4.88. The predicted octanol–water partition coefficient (Wildman–Crippen LogP) is 4.90. The summed E-state index contributed by atoms with van der Waals surface area (Å²) in [4.78, 5) is 2.31. The highest BCUT2D eigenvalue weighted by atomic mass is 127. The quantitative estimate of drug-likeness (QED) is 0.506. The summed E-state index contributed by atoms with van der Waals surface area (Å²) < 4.78 is 0.854. The lowest BCUT2D eigenvalue weighted by Crippen LogP contribution is -2.48. The molecule has 28 heavy (non-hydrogen) atoms. The fourth-order valence-electron chi connectivity index (χ4n) is 4.33. The van der Waals surface area contributed by atoms with E-state index in [0.717, 1.165) is 39.6 Å². The Balaban J connectivity index is 1.74. The van der Waals surface area contributed by atoms with E-state index in [1.807, 2.05) is 78.9 Å². The first kappa shape index (κ1) is 19.4. The number of likely N-dealkylation sites (tertiary alicyclic amines) is 1. The van der Waals surface area contributed by atoms with Crippen molar-refractivity contribution >= 4 is 22.6 Å². The Morgan fingerprint density at radius 1 is 0.893 bits per heavy atom. The second kappa shape index (κ2) is 8.23. The third kappa shape index (κ3) is 3.56. The van der Waals surface area contributed by atoms with Crippen molar-refractivity contribution in [2.45, 2.75) is 31.0 Å². The van der Waals surface area contributed by atoms with Gasteiger partial charge < -0.3 is 10.2 Å². The second-order valence-electron chi connectivity index (χ2n) is 7.37. The van der Waals surface area contributed by atoms with Crippen LogP contribution in [0.3, 0.4) is 0 Å². The van der Waals surface area contributed by atoms with Crippen molar-refractivity contribution in [3.05, 3.63) is 99.1 Å². The van der Waals surface area contributed by atoms with Gasteiger partial charge in [-0.15, -0.1) is 0 Å². The van der Waals surface area contributed by atoms with Gasteiger partial charge >= 0.3 is 0 Å². The molecular formula is C24H24INO2. The van der Waals surface area contributed by atoms with Gasteiger partial charge in [-0.1, -0.05) is 72.8 Å². The van der Waals surface area contributed by atoms with E-state index in [1.165, 1.54) is 0 Å². The molecule has 0 spiro atoms. The van der Waals surface area contributed by atoms with Gasteiger partial charge in [-0.05, 0) is 59.2 Å². The van der Waals surface area contributed by atoms with Crippen LogP contribution in [-0.2, 0) is 12.1 Å². The molecule has 1 heterocycles. The van der Waals surface area contributed by atoms with Crippen LogP contribution in [0.15, 0.2) is 78.9 Å². The molecule has 2 N–H and O–H groups in total. The highest BCUT2D eigenvalue weighted by Crippen LogP contribution is 2.41. The van der Waals surface area contributed by atoms with Crippen molar-refractivity contribution in [2.75, 3.05) is 6.54 Å². The van der Waals surface area contributed by atoms with Crippen LogP contribution in [0.5, 0.6) is 5.75 Å². The number of hydrogen-bond acceptors (Lipinski definition) is 3. The summed E-state index contributed by atoms with van der Waals surface area (Å²) in [5.74, 6) is 0.344. The number of aliphatic hydroxyl groups is 1. The molecule has 0 bridgehead atoms. The molecule has 1 fully saturated rings. The Morgan fingerprint density at radius 2 is 1.50 bits per heavy atom. The summed E-state index contributed by atoms with van der Waals surface area (Å²) in [7, 11) is 0. The smallest absolute Gasteiger partial charge is 0.133 e. The highest BCUT2D eigenvalue weighted by Gasteiger charge is 2.45. The topological polar surface area (TPSA) is 43.7 Å². The third-order valence-electron chi connectivity index (χ3n) is 5.72. The summed E-state index contributed by atoms with van der Waals surface area (Å²) in [5, 5.41) is 22.6. The molecule has 3 aromatic carbocycles. The highest BCUT2D eigenvalue weighted by molar-refractivity contribution is 14.1. The second-order valence-corrected chi connectivity index (χ2v) is 8.54. The van der Waals surface area contributed by atoms with E-state index >= 15 is 0 Å². The molecule has 4 heteroatoms. The molecular weight excluding hydrogens is 461 g/mol. The number of halogens is 1. The zero-order valence-corrected chi connectivity index (χ0v) is 17.8. The lowest BCUT2D eigenvalue weighted by molar-refractivity contribution is -0.00673. The lowest BCUT2D eigenvalue weighted by Gasteiger charge is -2.40. The van der Waals surface area contributed by atoms with Crippen LogP contribution in [0.4, 0.5) is 0 Å². The van der Waals surface area contributed by atoms with E-state index < -0.39 is 5.60 Å². The molecule has 1 atom stereocenters. The number of aromatic hydroxyl groups is 1. The van der Waals surface area contributed by atoms with Crippen LogP contribution in [0.1, 0.15) is 29.5 Å². The van der Waals surface area contributed by atoms with Crippen LogP contribution >= 0.6 is 22.6 Å². The Hall–Kier alpha value is -1.89. The first-order valence-corrected chi connectivity index (χ1v) is 10.7.